The molecule has 2 fully saturated rings. The van der Waals surface area contributed by atoms with Crippen LogP contribution in [0.2, 0.25) is 0 Å². The van der Waals surface area contributed by atoms with Crippen LogP contribution in [0.1, 0.15) is 46.5 Å². The summed E-state index contributed by atoms with van der Waals surface area (Å²) >= 11 is 0. The molecular formula is C12H20N2. The van der Waals surface area contributed by atoms with Gasteiger partial charge in [0.2, 0.25) is 0 Å². The molecule has 2 heterocycles. The van der Waals surface area contributed by atoms with Gasteiger partial charge in [-0.15, -0.1) is 0 Å². The van der Waals surface area contributed by atoms with Gasteiger partial charge in [-0.3, -0.25) is 4.90 Å². The summed E-state index contributed by atoms with van der Waals surface area (Å²) in [6.07, 6.45) is 4.81. The van der Waals surface area contributed by atoms with Gasteiger partial charge in [-0.25, -0.2) is 0 Å². The maximum Gasteiger partial charge on any atom is 0.0657 e. The Labute approximate surface area is 86.9 Å². The summed E-state index contributed by atoms with van der Waals surface area (Å²) in [6.45, 7) is 6.89. The maximum absolute atomic E-state index is 8.97. The molecule has 0 spiro atoms. The molecule has 78 valence electrons. The second-order valence-electron chi connectivity index (χ2n) is 5.76. The molecule has 2 bridgehead atoms. The van der Waals surface area contributed by atoms with Crippen molar-refractivity contribution in [1.82, 2.24) is 4.90 Å². The van der Waals surface area contributed by atoms with Crippen molar-refractivity contribution in [2.75, 3.05) is 0 Å². The Morgan fingerprint density at radius 2 is 1.64 bits per heavy atom. The largest absolute Gasteiger partial charge is 0.293 e. The number of hydrogen-bond donors (Lipinski definition) is 0. The van der Waals surface area contributed by atoms with Gasteiger partial charge < -0.3 is 0 Å². The number of fused-ring (bicyclic) bond motifs is 2. The molecular weight excluding hydrogens is 172 g/mol. The van der Waals surface area contributed by atoms with Crippen molar-refractivity contribution in [3.05, 3.63) is 0 Å². The lowest BCUT2D eigenvalue weighted by Crippen LogP contribution is -2.52. The van der Waals surface area contributed by atoms with Crippen LogP contribution in [0, 0.1) is 17.2 Å². The predicted octanol–water partition coefficient (Wildman–Crippen LogP) is 2.55. The van der Waals surface area contributed by atoms with Crippen LogP contribution in [-0.2, 0) is 0 Å². The first-order chi connectivity index (χ1) is 6.52. The van der Waals surface area contributed by atoms with E-state index >= 15 is 0 Å². The zero-order valence-electron chi connectivity index (χ0n) is 9.45. The van der Waals surface area contributed by atoms with E-state index in [0.717, 1.165) is 12.8 Å². The summed E-state index contributed by atoms with van der Waals surface area (Å²) in [7, 11) is 0. The molecule has 2 aliphatic heterocycles. The molecule has 2 atom stereocenters. The predicted molar refractivity (Wildman–Crippen MR) is 56.7 cm³/mol. The van der Waals surface area contributed by atoms with E-state index in [2.05, 4.69) is 31.7 Å². The summed E-state index contributed by atoms with van der Waals surface area (Å²) < 4.78 is 0. The van der Waals surface area contributed by atoms with Crippen molar-refractivity contribution < 1.29 is 0 Å². The van der Waals surface area contributed by atoms with E-state index < -0.39 is 0 Å². The SMILES string of the molecule is CC(C)(C)N1C2CCC1CC(C#N)C2. The molecule has 2 nitrogen and oxygen atoms in total. The molecule has 2 rings (SSSR count). The Morgan fingerprint density at radius 3 is 2.00 bits per heavy atom. The highest BCUT2D eigenvalue weighted by Gasteiger charge is 2.45. The summed E-state index contributed by atoms with van der Waals surface area (Å²) in [5.74, 6) is 0.325. The topological polar surface area (TPSA) is 27.0 Å². The highest BCUT2D eigenvalue weighted by molar-refractivity contribution is 5.04. The molecule has 2 aliphatic rings. The molecule has 0 saturated carbocycles. The summed E-state index contributed by atoms with van der Waals surface area (Å²) in [6, 6.07) is 3.81. The Balaban J connectivity index is 2.15. The minimum Gasteiger partial charge on any atom is -0.293 e. The smallest absolute Gasteiger partial charge is 0.0657 e. The van der Waals surface area contributed by atoms with Gasteiger partial charge in [0.25, 0.3) is 0 Å². The van der Waals surface area contributed by atoms with Gasteiger partial charge in [0, 0.05) is 23.5 Å². The van der Waals surface area contributed by atoms with Crippen molar-refractivity contribution in [3.63, 3.8) is 0 Å². The molecule has 0 radical (unpaired) electrons. The van der Waals surface area contributed by atoms with Crippen molar-refractivity contribution in [2.45, 2.75) is 64.1 Å². The average molecular weight is 192 g/mol. The van der Waals surface area contributed by atoms with Crippen molar-refractivity contribution >= 4 is 0 Å². The van der Waals surface area contributed by atoms with E-state index in [1.165, 1.54) is 12.8 Å². The van der Waals surface area contributed by atoms with Crippen LogP contribution in [-0.4, -0.2) is 22.5 Å². The van der Waals surface area contributed by atoms with Gasteiger partial charge in [0.15, 0.2) is 0 Å². The van der Waals surface area contributed by atoms with Crippen LogP contribution < -0.4 is 0 Å². The lowest BCUT2D eigenvalue weighted by atomic mass is 9.88. The molecule has 0 aromatic carbocycles. The minimum atomic E-state index is 0.284. The van der Waals surface area contributed by atoms with Gasteiger partial charge >= 0.3 is 0 Å². The van der Waals surface area contributed by atoms with E-state index in [0.29, 0.717) is 18.0 Å². The van der Waals surface area contributed by atoms with Gasteiger partial charge in [-0.1, -0.05) is 0 Å². The van der Waals surface area contributed by atoms with Crippen LogP contribution >= 0.6 is 0 Å². The fourth-order valence-electron chi connectivity index (χ4n) is 3.38. The summed E-state index contributed by atoms with van der Waals surface area (Å²) in [4.78, 5) is 2.65. The maximum atomic E-state index is 8.97. The van der Waals surface area contributed by atoms with Crippen LogP contribution in [0.5, 0.6) is 0 Å². The third-order valence-electron chi connectivity index (χ3n) is 3.69. The summed E-state index contributed by atoms with van der Waals surface area (Å²) in [5.41, 5.74) is 0.284. The van der Waals surface area contributed by atoms with E-state index in [1.807, 2.05) is 0 Å². The third kappa shape index (κ3) is 1.54. The molecule has 0 N–H and O–H groups in total. The molecule has 0 amide bonds. The highest BCUT2D eigenvalue weighted by atomic mass is 15.3. The van der Waals surface area contributed by atoms with Crippen molar-refractivity contribution in [1.29, 1.82) is 5.26 Å². The number of nitriles is 1. The molecule has 0 aromatic rings. The number of hydrogen-bond acceptors (Lipinski definition) is 2. The minimum absolute atomic E-state index is 0.284. The van der Waals surface area contributed by atoms with Crippen molar-refractivity contribution in [3.8, 4) is 6.07 Å². The van der Waals surface area contributed by atoms with Crippen LogP contribution in [0.15, 0.2) is 0 Å². The molecule has 2 unspecified atom stereocenters. The van der Waals surface area contributed by atoms with Crippen LogP contribution in [0.25, 0.3) is 0 Å². The molecule has 0 aromatic heterocycles. The average Bonchev–Trinajstić information content (AvgIpc) is 2.38. The van der Waals surface area contributed by atoms with Crippen LogP contribution in [0.4, 0.5) is 0 Å². The molecule has 2 saturated heterocycles. The normalized spacial score (nSPS) is 38.3. The zero-order chi connectivity index (χ0) is 10.3. The summed E-state index contributed by atoms with van der Waals surface area (Å²) in [5, 5.41) is 8.97. The lowest BCUT2D eigenvalue weighted by molar-refractivity contribution is 0.0320. The Kier molecular flexibility index (Phi) is 2.31. The van der Waals surface area contributed by atoms with E-state index in [9.17, 15) is 0 Å². The number of rotatable bonds is 0. The van der Waals surface area contributed by atoms with Gasteiger partial charge in [-0.2, -0.15) is 5.26 Å². The van der Waals surface area contributed by atoms with E-state index in [4.69, 9.17) is 5.26 Å². The first kappa shape index (κ1) is 9.98. The van der Waals surface area contributed by atoms with Gasteiger partial charge in [0.1, 0.15) is 0 Å². The molecule has 14 heavy (non-hydrogen) atoms. The first-order valence-electron chi connectivity index (χ1n) is 5.70. The fourth-order valence-corrected chi connectivity index (χ4v) is 3.38. The number of nitrogens with zero attached hydrogens (tertiary/aromatic N) is 2. The highest BCUT2D eigenvalue weighted by Crippen LogP contribution is 2.42. The lowest BCUT2D eigenvalue weighted by Gasteiger charge is -2.45. The zero-order valence-corrected chi connectivity index (χ0v) is 9.45. The third-order valence-corrected chi connectivity index (χ3v) is 3.69. The molecule has 2 heteroatoms. The first-order valence-corrected chi connectivity index (χ1v) is 5.70. The van der Waals surface area contributed by atoms with Gasteiger partial charge in [-0.05, 0) is 46.5 Å². The van der Waals surface area contributed by atoms with E-state index in [-0.39, 0.29) is 5.54 Å². The van der Waals surface area contributed by atoms with E-state index in [1.54, 1.807) is 0 Å². The standard InChI is InChI=1S/C12H20N2/c1-12(2,3)14-10-4-5-11(14)7-9(6-10)8-13/h9-11H,4-7H2,1-3H3. The Bertz CT molecular complexity index is 244. The Morgan fingerprint density at radius 1 is 1.14 bits per heavy atom. The number of piperidine rings is 1. The quantitative estimate of drug-likeness (QED) is 0.590. The second kappa shape index (κ2) is 3.24. The Hall–Kier alpha value is -0.550. The van der Waals surface area contributed by atoms with Crippen LogP contribution in [0.3, 0.4) is 0 Å². The molecule has 0 aliphatic carbocycles. The monoisotopic (exact) mass is 192 g/mol. The van der Waals surface area contributed by atoms with Gasteiger partial charge in [0.05, 0.1) is 6.07 Å². The van der Waals surface area contributed by atoms with Crippen molar-refractivity contribution in [2.24, 2.45) is 5.92 Å². The fraction of sp³-hybridized carbons (Fsp3) is 0.917. The second-order valence-corrected chi connectivity index (χ2v) is 5.76.